The molecule has 3 N–H and O–H groups in total. The summed E-state index contributed by atoms with van der Waals surface area (Å²) in [6, 6.07) is 10.0. The quantitative estimate of drug-likeness (QED) is 0.606. The van der Waals surface area contributed by atoms with Crippen LogP contribution in [0.2, 0.25) is 0 Å². The molecule has 7 nitrogen and oxygen atoms in total. The molecule has 1 atom stereocenters. The summed E-state index contributed by atoms with van der Waals surface area (Å²) in [7, 11) is 0. The van der Waals surface area contributed by atoms with E-state index < -0.39 is 17.5 Å². The molecule has 1 aliphatic heterocycles. The van der Waals surface area contributed by atoms with Crippen LogP contribution >= 0.6 is 0 Å². The maximum Gasteiger partial charge on any atom is 0.405 e. The average Bonchev–Trinajstić information content (AvgIpc) is 3.13. The van der Waals surface area contributed by atoms with Crippen molar-refractivity contribution in [1.82, 2.24) is 9.97 Å². The van der Waals surface area contributed by atoms with E-state index in [4.69, 9.17) is 15.5 Å². The zero-order valence-electron chi connectivity index (χ0n) is 18.4. The predicted molar refractivity (Wildman–Crippen MR) is 121 cm³/mol. The molecular weight excluding hydrogens is 411 g/mol. The molecule has 1 amide bonds. The van der Waals surface area contributed by atoms with E-state index in [0.29, 0.717) is 24.3 Å². The van der Waals surface area contributed by atoms with Gasteiger partial charge >= 0.3 is 6.09 Å². The summed E-state index contributed by atoms with van der Waals surface area (Å²) in [5.74, 6) is 0.337. The number of hydrogen-bond donors (Lipinski definition) is 2. The number of carbonyl (C=O) groups excluding carboxylic acids is 1. The number of aromatic nitrogens is 2. The Morgan fingerprint density at radius 2 is 2.09 bits per heavy atom. The van der Waals surface area contributed by atoms with Gasteiger partial charge in [-0.05, 0) is 69.4 Å². The molecule has 0 bridgehead atoms. The second kappa shape index (κ2) is 8.26. The molecule has 2 heterocycles. The van der Waals surface area contributed by atoms with Gasteiger partial charge in [0.05, 0.1) is 11.1 Å². The van der Waals surface area contributed by atoms with Crippen molar-refractivity contribution < 1.29 is 19.0 Å². The summed E-state index contributed by atoms with van der Waals surface area (Å²) in [6.07, 6.45) is 0.773. The summed E-state index contributed by atoms with van der Waals surface area (Å²) in [5.41, 5.74) is 6.24. The molecule has 0 spiro atoms. The summed E-state index contributed by atoms with van der Waals surface area (Å²) in [5, 5.41) is 11.1. The van der Waals surface area contributed by atoms with Crippen LogP contribution in [-0.2, 0) is 4.74 Å². The maximum atomic E-state index is 14.6. The first-order valence-electron chi connectivity index (χ1n) is 10.6. The highest BCUT2D eigenvalue weighted by Gasteiger charge is 2.32. The number of aryl methyl sites for hydroxylation is 1. The van der Waals surface area contributed by atoms with Gasteiger partial charge in [0.15, 0.2) is 5.82 Å². The predicted octanol–water partition coefficient (Wildman–Crippen LogP) is 4.54. The van der Waals surface area contributed by atoms with Gasteiger partial charge in [-0.1, -0.05) is 12.1 Å². The van der Waals surface area contributed by atoms with Crippen molar-refractivity contribution in [2.75, 3.05) is 18.0 Å². The number of fused-ring (bicyclic) bond motifs is 1. The van der Waals surface area contributed by atoms with Crippen molar-refractivity contribution in [1.29, 1.82) is 0 Å². The first-order chi connectivity index (χ1) is 15.1. The van der Waals surface area contributed by atoms with Crippen molar-refractivity contribution in [2.45, 2.75) is 39.2 Å². The Morgan fingerprint density at radius 3 is 2.81 bits per heavy atom. The third-order valence-corrected chi connectivity index (χ3v) is 5.79. The monoisotopic (exact) mass is 438 g/mol. The Hall–Kier alpha value is -3.42. The number of hydrogen-bond acceptors (Lipinski definition) is 6. The van der Waals surface area contributed by atoms with E-state index in [-0.39, 0.29) is 23.1 Å². The van der Waals surface area contributed by atoms with Gasteiger partial charge in [-0.25, -0.2) is 19.2 Å². The lowest BCUT2D eigenvalue weighted by Gasteiger charge is -2.27. The van der Waals surface area contributed by atoms with Gasteiger partial charge < -0.3 is 20.5 Å². The van der Waals surface area contributed by atoms with Crippen LogP contribution in [0.4, 0.5) is 15.0 Å². The van der Waals surface area contributed by atoms with E-state index in [0.717, 1.165) is 23.9 Å². The van der Waals surface area contributed by atoms with Gasteiger partial charge in [0.2, 0.25) is 0 Å². The smallest absolute Gasteiger partial charge is 0.405 e. The number of anilines is 1. The molecule has 0 aliphatic carbocycles. The van der Waals surface area contributed by atoms with Crippen molar-refractivity contribution >= 4 is 22.8 Å². The molecule has 0 saturated carbocycles. The standard InChI is InChI=1S/C24H27FN4O3/c1-14-7-8-16-18(11-14)27-21(20-17(25)5-4-6-19(20)30)28-22(16)29-10-9-15(13-29)12-24(2,3)32-23(26)31/h4-8,11,15,30H,9-10,12-13H2,1-3H3,(H2,26,31)/t15-/m1/s1. The highest BCUT2D eigenvalue weighted by molar-refractivity contribution is 5.92. The SMILES string of the molecule is Cc1ccc2c(N3CC[C@H](CC(C)(C)OC(N)=O)C3)nc(-c3c(O)cccc3F)nc2c1. The van der Waals surface area contributed by atoms with E-state index in [1.807, 2.05) is 39.0 Å². The topological polar surface area (TPSA) is 102 Å². The highest BCUT2D eigenvalue weighted by Crippen LogP contribution is 2.36. The zero-order chi connectivity index (χ0) is 23.0. The van der Waals surface area contributed by atoms with Crippen LogP contribution in [0, 0.1) is 18.7 Å². The molecule has 3 aromatic rings. The second-order valence-electron chi connectivity index (χ2n) is 9.01. The summed E-state index contributed by atoms with van der Waals surface area (Å²) < 4.78 is 19.8. The van der Waals surface area contributed by atoms with Gasteiger partial charge in [0.25, 0.3) is 0 Å². The van der Waals surface area contributed by atoms with Crippen LogP contribution in [0.3, 0.4) is 0 Å². The average molecular weight is 439 g/mol. The van der Waals surface area contributed by atoms with Gasteiger partial charge in [0.1, 0.15) is 23.0 Å². The Kier molecular flexibility index (Phi) is 5.62. The summed E-state index contributed by atoms with van der Waals surface area (Å²) >= 11 is 0. The molecule has 1 saturated heterocycles. The van der Waals surface area contributed by atoms with Crippen LogP contribution in [-0.4, -0.2) is 39.9 Å². The normalized spacial score (nSPS) is 16.5. The van der Waals surface area contributed by atoms with Crippen molar-refractivity contribution in [3.05, 3.63) is 47.8 Å². The van der Waals surface area contributed by atoms with E-state index in [1.165, 1.54) is 18.2 Å². The van der Waals surface area contributed by atoms with E-state index >= 15 is 0 Å². The first kappa shape index (κ1) is 21.8. The van der Waals surface area contributed by atoms with Gasteiger partial charge in [-0.15, -0.1) is 0 Å². The number of primary amides is 1. The number of nitrogens with zero attached hydrogens (tertiary/aromatic N) is 3. The number of aromatic hydroxyl groups is 1. The number of amides is 1. The second-order valence-corrected chi connectivity index (χ2v) is 9.01. The molecule has 1 aliphatic rings. The molecular formula is C24H27FN4O3. The lowest BCUT2D eigenvalue weighted by molar-refractivity contribution is 0.0286. The summed E-state index contributed by atoms with van der Waals surface area (Å²) in [4.78, 5) is 22.6. The lowest BCUT2D eigenvalue weighted by atomic mass is 9.93. The molecule has 0 unspecified atom stereocenters. The number of carbonyl (C=O) groups is 1. The minimum atomic E-state index is -0.781. The van der Waals surface area contributed by atoms with Crippen LogP contribution in [0.5, 0.6) is 5.75 Å². The van der Waals surface area contributed by atoms with Crippen molar-refractivity contribution in [2.24, 2.45) is 11.7 Å². The number of ether oxygens (including phenoxy) is 1. The number of benzene rings is 2. The van der Waals surface area contributed by atoms with Crippen LogP contribution in [0.15, 0.2) is 36.4 Å². The third-order valence-electron chi connectivity index (χ3n) is 5.79. The number of rotatable bonds is 5. The fourth-order valence-corrected chi connectivity index (χ4v) is 4.51. The van der Waals surface area contributed by atoms with Crippen molar-refractivity contribution in [3.63, 3.8) is 0 Å². The van der Waals surface area contributed by atoms with Crippen LogP contribution in [0.1, 0.15) is 32.3 Å². The Labute approximate surface area is 186 Å². The first-order valence-corrected chi connectivity index (χ1v) is 10.6. The number of halogens is 1. The number of phenolic OH excluding ortho intramolecular Hbond substituents is 1. The molecule has 4 rings (SSSR count). The minimum Gasteiger partial charge on any atom is -0.507 e. The zero-order valence-corrected chi connectivity index (χ0v) is 18.4. The highest BCUT2D eigenvalue weighted by atomic mass is 19.1. The molecule has 0 radical (unpaired) electrons. The number of nitrogens with two attached hydrogens (primary N) is 1. The molecule has 2 aromatic carbocycles. The van der Waals surface area contributed by atoms with Crippen LogP contribution < -0.4 is 10.6 Å². The molecule has 1 aromatic heterocycles. The number of phenols is 1. The fraction of sp³-hybridized carbons (Fsp3) is 0.375. The summed E-state index contributed by atoms with van der Waals surface area (Å²) in [6.45, 7) is 7.12. The molecule has 168 valence electrons. The van der Waals surface area contributed by atoms with Gasteiger partial charge in [-0.3, -0.25) is 0 Å². The molecule has 8 heteroatoms. The fourth-order valence-electron chi connectivity index (χ4n) is 4.51. The maximum absolute atomic E-state index is 14.6. The molecule has 1 fully saturated rings. The minimum absolute atomic E-state index is 0.0103. The Balaban J connectivity index is 1.72. The van der Waals surface area contributed by atoms with E-state index in [1.54, 1.807) is 0 Å². The van der Waals surface area contributed by atoms with Crippen LogP contribution in [0.25, 0.3) is 22.3 Å². The van der Waals surface area contributed by atoms with E-state index in [9.17, 15) is 14.3 Å². The van der Waals surface area contributed by atoms with Crippen molar-refractivity contribution in [3.8, 4) is 17.1 Å². The Morgan fingerprint density at radius 1 is 1.31 bits per heavy atom. The molecule has 32 heavy (non-hydrogen) atoms. The Bertz CT molecular complexity index is 1160. The lowest BCUT2D eigenvalue weighted by Crippen LogP contribution is -2.34. The van der Waals surface area contributed by atoms with Gasteiger partial charge in [0, 0.05) is 18.5 Å². The third kappa shape index (κ3) is 4.44. The largest absolute Gasteiger partial charge is 0.507 e. The van der Waals surface area contributed by atoms with E-state index in [2.05, 4.69) is 9.88 Å². The van der Waals surface area contributed by atoms with Gasteiger partial charge in [-0.2, -0.15) is 0 Å².